The molecule has 9 heteroatoms. The zero-order valence-corrected chi connectivity index (χ0v) is 17.2. The van der Waals surface area contributed by atoms with E-state index in [1.165, 1.54) is 23.4 Å². The third kappa shape index (κ3) is 3.91. The standard InChI is InChI=1S/C20H19ClN4O3S/c1-13(26)22-16-5-7-17(8-6-16)29(27,28)25-10-9-19-18(12-25)20(24-23-19)14-3-2-4-15(21)11-14/h2-8,11H,9-10,12H2,1H3,(H,22,26)(H,23,24). The van der Waals surface area contributed by atoms with Gasteiger partial charge in [-0.15, -0.1) is 0 Å². The maximum atomic E-state index is 13.1. The van der Waals surface area contributed by atoms with Crippen molar-refractivity contribution >= 4 is 33.2 Å². The van der Waals surface area contributed by atoms with Crippen molar-refractivity contribution in [3.05, 3.63) is 64.8 Å². The number of fused-ring (bicyclic) bond motifs is 1. The van der Waals surface area contributed by atoms with Crippen molar-refractivity contribution in [3.63, 3.8) is 0 Å². The number of hydrogen-bond donors (Lipinski definition) is 2. The van der Waals surface area contributed by atoms with E-state index in [4.69, 9.17) is 11.6 Å². The second-order valence-electron chi connectivity index (χ2n) is 6.83. The Bertz CT molecular complexity index is 1170. The van der Waals surface area contributed by atoms with Crippen molar-refractivity contribution in [2.75, 3.05) is 11.9 Å². The quantitative estimate of drug-likeness (QED) is 0.662. The van der Waals surface area contributed by atoms with E-state index >= 15 is 0 Å². The Hall–Kier alpha value is -2.68. The van der Waals surface area contributed by atoms with Gasteiger partial charge < -0.3 is 5.32 Å². The van der Waals surface area contributed by atoms with Crippen LogP contribution in [0.3, 0.4) is 0 Å². The first-order valence-electron chi connectivity index (χ1n) is 9.04. The fourth-order valence-corrected chi connectivity index (χ4v) is 5.01. The molecule has 2 heterocycles. The number of H-pyrrole nitrogens is 1. The molecule has 0 unspecified atom stereocenters. The second kappa shape index (κ2) is 7.62. The number of benzene rings is 2. The van der Waals surface area contributed by atoms with Crippen molar-refractivity contribution < 1.29 is 13.2 Å². The molecule has 1 aliphatic heterocycles. The van der Waals surface area contributed by atoms with Gasteiger partial charge in [-0.2, -0.15) is 9.40 Å². The molecule has 150 valence electrons. The molecule has 0 saturated heterocycles. The van der Waals surface area contributed by atoms with Gasteiger partial charge in [-0.1, -0.05) is 23.7 Å². The summed E-state index contributed by atoms with van der Waals surface area (Å²) in [5.74, 6) is -0.210. The molecule has 0 saturated carbocycles. The number of sulfonamides is 1. The number of nitrogens with zero attached hydrogens (tertiary/aromatic N) is 2. The molecule has 1 amide bonds. The highest BCUT2D eigenvalue weighted by Crippen LogP contribution is 2.32. The molecule has 2 N–H and O–H groups in total. The van der Waals surface area contributed by atoms with Gasteiger partial charge in [0.15, 0.2) is 0 Å². The van der Waals surface area contributed by atoms with Gasteiger partial charge >= 0.3 is 0 Å². The van der Waals surface area contributed by atoms with Crippen LogP contribution in [0.4, 0.5) is 5.69 Å². The number of aromatic amines is 1. The number of carbonyl (C=O) groups excluding carboxylic acids is 1. The van der Waals surface area contributed by atoms with Gasteiger partial charge in [0.05, 0.1) is 10.6 Å². The third-order valence-corrected chi connectivity index (χ3v) is 6.90. The van der Waals surface area contributed by atoms with Crippen LogP contribution in [0.1, 0.15) is 18.2 Å². The maximum absolute atomic E-state index is 13.1. The summed E-state index contributed by atoms with van der Waals surface area (Å²) >= 11 is 6.10. The molecular formula is C20H19ClN4O3S. The number of anilines is 1. The molecule has 1 aromatic heterocycles. The van der Waals surface area contributed by atoms with Crippen LogP contribution in [-0.4, -0.2) is 35.4 Å². The van der Waals surface area contributed by atoms with Crippen LogP contribution in [0.5, 0.6) is 0 Å². The minimum Gasteiger partial charge on any atom is -0.326 e. The Morgan fingerprint density at radius 2 is 1.97 bits per heavy atom. The summed E-state index contributed by atoms with van der Waals surface area (Å²) in [5, 5.41) is 10.6. The lowest BCUT2D eigenvalue weighted by atomic mass is 10.0. The molecule has 0 spiro atoms. The van der Waals surface area contributed by atoms with E-state index in [1.807, 2.05) is 18.2 Å². The summed E-state index contributed by atoms with van der Waals surface area (Å²) in [6.45, 7) is 1.99. The maximum Gasteiger partial charge on any atom is 0.243 e. The zero-order chi connectivity index (χ0) is 20.6. The molecule has 0 aliphatic carbocycles. The van der Waals surface area contributed by atoms with E-state index in [2.05, 4.69) is 15.5 Å². The van der Waals surface area contributed by atoms with Crippen LogP contribution < -0.4 is 5.32 Å². The second-order valence-corrected chi connectivity index (χ2v) is 9.21. The normalized spacial score (nSPS) is 14.4. The van der Waals surface area contributed by atoms with Gasteiger partial charge in [0.2, 0.25) is 15.9 Å². The van der Waals surface area contributed by atoms with Crippen molar-refractivity contribution in [2.24, 2.45) is 0 Å². The minimum absolute atomic E-state index is 0.183. The van der Waals surface area contributed by atoms with Crippen molar-refractivity contribution in [1.82, 2.24) is 14.5 Å². The van der Waals surface area contributed by atoms with Crippen LogP contribution in [0.25, 0.3) is 11.3 Å². The largest absolute Gasteiger partial charge is 0.326 e. The van der Waals surface area contributed by atoms with Gasteiger partial charge in [0, 0.05) is 54.0 Å². The number of amides is 1. The lowest BCUT2D eigenvalue weighted by molar-refractivity contribution is -0.114. The molecule has 0 atom stereocenters. The van der Waals surface area contributed by atoms with E-state index in [-0.39, 0.29) is 17.3 Å². The van der Waals surface area contributed by atoms with Gasteiger partial charge in [0.25, 0.3) is 0 Å². The molecule has 0 bridgehead atoms. The fourth-order valence-electron chi connectivity index (χ4n) is 3.41. The number of nitrogens with one attached hydrogen (secondary N) is 2. The molecule has 7 nitrogen and oxygen atoms in total. The first kappa shape index (κ1) is 19.6. The Kier molecular flexibility index (Phi) is 5.16. The van der Waals surface area contributed by atoms with Gasteiger partial charge in [-0.25, -0.2) is 8.42 Å². The summed E-state index contributed by atoms with van der Waals surface area (Å²) in [6.07, 6.45) is 0.548. The Balaban J connectivity index is 1.62. The SMILES string of the molecule is CC(=O)Nc1ccc(S(=O)(=O)N2CCc3[nH]nc(-c4cccc(Cl)c4)c3C2)cc1. The highest BCUT2D eigenvalue weighted by Gasteiger charge is 2.31. The van der Waals surface area contributed by atoms with E-state index in [1.54, 1.807) is 18.2 Å². The number of carbonyl (C=O) groups is 1. The predicted molar refractivity (Wildman–Crippen MR) is 111 cm³/mol. The average molecular weight is 431 g/mol. The Morgan fingerprint density at radius 3 is 2.66 bits per heavy atom. The van der Waals surface area contributed by atoms with Gasteiger partial charge in [0.1, 0.15) is 0 Å². The van der Waals surface area contributed by atoms with Crippen LogP contribution in [0.15, 0.2) is 53.4 Å². The van der Waals surface area contributed by atoms with E-state index < -0.39 is 10.0 Å². The molecule has 29 heavy (non-hydrogen) atoms. The van der Waals surface area contributed by atoms with Gasteiger partial charge in [-0.05, 0) is 36.4 Å². The summed E-state index contributed by atoms with van der Waals surface area (Å²) in [4.78, 5) is 11.3. The highest BCUT2D eigenvalue weighted by molar-refractivity contribution is 7.89. The first-order valence-corrected chi connectivity index (χ1v) is 10.9. The molecule has 4 rings (SSSR count). The average Bonchev–Trinajstić information content (AvgIpc) is 3.11. The fraction of sp³-hybridized carbons (Fsp3) is 0.200. The number of hydrogen-bond acceptors (Lipinski definition) is 4. The first-order chi connectivity index (χ1) is 13.8. The zero-order valence-electron chi connectivity index (χ0n) is 15.6. The lowest BCUT2D eigenvalue weighted by Crippen LogP contribution is -2.35. The van der Waals surface area contributed by atoms with Crippen molar-refractivity contribution in [2.45, 2.75) is 24.8 Å². The highest BCUT2D eigenvalue weighted by atomic mass is 35.5. The molecule has 0 radical (unpaired) electrons. The Morgan fingerprint density at radius 1 is 1.21 bits per heavy atom. The Labute approximate surface area is 173 Å². The molecular weight excluding hydrogens is 412 g/mol. The van der Waals surface area contributed by atoms with E-state index in [0.29, 0.717) is 29.4 Å². The monoisotopic (exact) mass is 430 g/mol. The van der Waals surface area contributed by atoms with Crippen LogP contribution in [-0.2, 0) is 27.8 Å². The number of rotatable bonds is 4. The number of halogens is 1. The molecule has 0 fully saturated rings. The molecule has 1 aliphatic rings. The summed E-state index contributed by atoms with van der Waals surface area (Å²) in [6, 6.07) is 13.5. The van der Waals surface area contributed by atoms with Crippen molar-refractivity contribution in [3.8, 4) is 11.3 Å². The van der Waals surface area contributed by atoms with Crippen LogP contribution in [0, 0.1) is 0 Å². The van der Waals surface area contributed by atoms with Crippen LogP contribution in [0.2, 0.25) is 5.02 Å². The third-order valence-electron chi connectivity index (χ3n) is 4.81. The van der Waals surface area contributed by atoms with Crippen molar-refractivity contribution in [1.29, 1.82) is 0 Å². The molecule has 3 aromatic rings. The number of aromatic nitrogens is 2. The lowest BCUT2D eigenvalue weighted by Gasteiger charge is -2.26. The van der Waals surface area contributed by atoms with Gasteiger partial charge in [-0.3, -0.25) is 9.89 Å². The van der Waals surface area contributed by atoms with E-state index in [0.717, 1.165) is 16.8 Å². The van der Waals surface area contributed by atoms with Crippen LogP contribution >= 0.6 is 11.6 Å². The summed E-state index contributed by atoms with van der Waals surface area (Å²) in [5.41, 5.74) is 3.90. The van der Waals surface area contributed by atoms with E-state index in [9.17, 15) is 13.2 Å². The summed E-state index contributed by atoms with van der Waals surface area (Å²) < 4.78 is 27.7. The predicted octanol–water partition coefficient (Wildman–Crippen LogP) is 3.44. The smallest absolute Gasteiger partial charge is 0.243 e. The summed E-state index contributed by atoms with van der Waals surface area (Å²) in [7, 11) is -3.68. The minimum atomic E-state index is -3.68. The topological polar surface area (TPSA) is 95.2 Å². The molecule has 2 aromatic carbocycles.